The molecule has 0 aliphatic carbocycles. The molecule has 29 heavy (non-hydrogen) atoms. The van der Waals surface area contributed by atoms with Crippen LogP contribution in [0, 0.1) is 0 Å². The molecule has 2 aromatic carbocycles. The molecule has 1 aliphatic rings. The third-order valence-corrected chi connectivity index (χ3v) is 5.34. The molecule has 0 fully saturated rings. The molecular formula is C22H26O7. The van der Waals surface area contributed by atoms with Crippen LogP contribution >= 0.6 is 0 Å². The van der Waals surface area contributed by atoms with Crippen molar-refractivity contribution in [3.8, 4) is 23.0 Å². The van der Waals surface area contributed by atoms with Crippen molar-refractivity contribution < 1.29 is 35.1 Å². The Morgan fingerprint density at radius 3 is 2.55 bits per heavy atom. The number of aliphatic hydroxyl groups is 1. The van der Waals surface area contributed by atoms with Crippen LogP contribution in [-0.4, -0.2) is 37.6 Å². The predicted octanol–water partition coefficient (Wildman–Crippen LogP) is 3.59. The van der Waals surface area contributed by atoms with E-state index in [0.717, 1.165) is 19.3 Å². The van der Waals surface area contributed by atoms with E-state index in [9.17, 15) is 30.3 Å². The maximum atomic E-state index is 11.9. The summed E-state index contributed by atoms with van der Waals surface area (Å²) < 4.78 is 5.91. The largest absolute Gasteiger partial charge is 0.508 e. The topological polar surface area (TPSA) is 127 Å². The van der Waals surface area contributed by atoms with E-state index in [4.69, 9.17) is 4.74 Å². The predicted molar refractivity (Wildman–Crippen MR) is 105 cm³/mol. The van der Waals surface area contributed by atoms with Crippen LogP contribution in [0.25, 0.3) is 0 Å². The van der Waals surface area contributed by atoms with Gasteiger partial charge < -0.3 is 30.3 Å². The molecule has 2 aromatic rings. The van der Waals surface area contributed by atoms with Gasteiger partial charge in [-0.05, 0) is 35.7 Å². The van der Waals surface area contributed by atoms with E-state index in [-0.39, 0.29) is 23.7 Å². The lowest BCUT2D eigenvalue weighted by Gasteiger charge is -2.33. The summed E-state index contributed by atoms with van der Waals surface area (Å²) in [5.74, 6) is -2.19. The number of rotatable bonds is 7. The van der Waals surface area contributed by atoms with Crippen molar-refractivity contribution >= 4 is 5.97 Å². The number of unbranched alkanes of at least 4 members (excludes halogenated alkanes) is 2. The third kappa shape index (κ3) is 4.40. The first-order valence-corrected chi connectivity index (χ1v) is 9.77. The maximum absolute atomic E-state index is 11.9. The molecule has 0 amide bonds. The Kier molecular flexibility index (Phi) is 6.17. The van der Waals surface area contributed by atoms with Gasteiger partial charge in [0.05, 0.1) is 12.0 Å². The molecule has 2 unspecified atom stereocenters. The van der Waals surface area contributed by atoms with E-state index in [0.29, 0.717) is 28.9 Å². The summed E-state index contributed by atoms with van der Waals surface area (Å²) in [4.78, 5) is 11.9. The number of aliphatic carboxylic acids is 1. The lowest BCUT2D eigenvalue weighted by atomic mass is 9.84. The molecule has 0 saturated heterocycles. The van der Waals surface area contributed by atoms with Gasteiger partial charge in [-0.3, -0.25) is 4.79 Å². The lowest BCUT2D eigenvalue weighted by Crippen LogP contribution is -2.31. The summed E-state index contributed by atoms with van der Waals surface area (Å²) in [7, 11) is 0. The Hall–Kier alpha value is -2.93. The Labute approximate surface area is 168 Å². The number of hydrogen-bond donors (Lipinski definition) is 5. The molecule has 0 radical (unpaired) electrons. The maximum Gasteiger partial charge on any atom is 0.310 e. The zero-order chi connectivity index (χ0) is 21.1. The van der Waals surface area contributed by atoms with E-state index in [1.54, 1.807) is 0 Å². The van der Waals surface area contributed by atoms with Gasteiger partial charge >= 0.3 is 5.97 Å². The molecule has 5 N–H and O–H groups in total. The molecule has 0 saturated carbocycles. The zero-order valence-corrected chi connectivity index (χ0v) is 16.2. The molecule has 1 heterocycles. The Bertz CT molecular complexity index is 893. The minimum absolute atomic E-state index is 0.107. The van der Waals surface area contributed by atoms with E-state index in [1.165, 1.54) is 30.3 Å². The van der Waals surface area contributed by atoms with E-state index >= 15 is 0 Å². The van der Waals surface area contributed by atoms with Crippen LogP contribution < -0.4 is 4.74 Å². The van der Waals surface area contributed by atoms with E-state index in [2.05, 4.69) is 0 Å². The van der Waals surface area contributed by atoms with Crippen molar-refractivity contribution in [3.63, 3.8) is 0 Å². The molecule has 7 heteroatoms. The normalized spacial score (nSPS) is 19.2. The van der Waals surface area contributed by atoms with Crippen molar-refractivity contribution in [2.75, 3.05) is 0 Å². The Balaban J connectivity index is 1.96. The first kappa shape index (κ1) is 20.8. The SMILES string of the molecule is CCCCCC(C(=O)O)c1cc(O)cc2c1C[C@H](O)C(c1ccc(O)c(O)c1)O2. The number of phenols is 3. The smallest absolute Gasteiger partial charge is 0.310 e. The van der Waals surface area contributed by atoms with Crippen LogP contribution in [0.2, 0.25) is 0 Å². The van der Waals surface area contributed by atoms with Gasteiger partial charge in [0.2, 0.25) is 0 Å². The molecule has 0 spiro atoms. The molecule has 0 bridgehead atoms. The first-order valence-electron chi connectivity index (χ1n) is 9.77. The van der Waals surface area contributed by atoms with Crippen LogP contribution in [0.15, 0.2) is 30.3 Å². The molecule has 3 atom stereocenters. The van der Waals surface area contributed by atoms with Crippen LogP contribution in [0.3, 0.4) is 0 Å². The number of carbonyl (C=O) groups is 1. The number of carboxylic acid groups (broad SMARTS) is 1. The Morgan fingerprint density at radius 1 is 1.14 bits per heavy atom. The second-order valence-electron chi connectivity index (χ2n) is 7.46. The summed E-state index contributed by atoms with van der Waals surface area (Å²) in [6.45, 7) is 2.04. The highest BCUT2D eigenvalue weighted by Gasteiger charge is 2.35. The number of phenolic OH excluding ortho intramolecular Hbond substituents is 3. The van der Waals surface area contributed by atoms with Crippen LogP contribution in [0.1, 0.15) is 61.3 Å². The quantitative estimate of drug-likeness (QED) is 0.354. The molecule has 0 aromatic heterocycles. The number of carboxylic acids is 1. The van der Waals surface area contributed by atoms with Gasteiger partial charge in [0.1, 0.15) is 17.6 Å². The number of benzene rings is 2. The van der Waals surface area contributed by atoms with Gasteiger partial charge in [-0.25, -0.2) is 0 Å². The fourth-order valence-electron chi connectivity index (χ4n) is 3.84. The average molecular weight is 402 g/mol. The molecule has 156 valence electrons. The van der Waals surface area contributed by atoms with Crippen LogP contribution in [0.4, 0.5) is 0 Å². The van der Waals surface area contributed by atoms with E-state index in [1.807, 2.05) is 6.92 Å². The zero-order valence-electron chi connectivity index (χ0n) is 16.2. The number of hydrogen-bond acceptors (Lipinski definition) is 6. The Morgan fingerprint density at radius 2 is 1.90 bits per heavy atom. The second kappa shape index (κ2) is 8.61. The first-order chi connectivity index (χ1) is 13.8. The summed E-state index contributed by atoms with van der Waals surface area (Å²) in [5.41, 5.74) is 1.48. The minimum atomic E-state index is -0.986. The van der Waals surface area contributed by atoms with E-state index < -0.39 is 24.1 Å². The molecule has 1 aliphatic heterocycles. The van der Waals surface area contributed by atoms with Gasteiger partial charge in [-0.15, -0.1) is 0 Å². The molecular weight excluding hydrogens is 376 g/mol. The molecule has 3 rings (SSSR count). The average Bonchev–Trinajstić information content (AvgIpc) is 2.67. The summed E-state index contributed by atoms with van der Waals surface area (Å²) in [5, 5.41) is 49.8. The second-order valence-corrected chi connectivity index (χ2v) is 7.46. The summed E-state index contributed by atoms with van der Waals surface area (Å²) in [6, 6.07) is 6.98. The monoisotopic (exact) mass is 402 g/mol. The minimum Gasteiger partial charge on any atom is -0.508 e. The fraction of sp³-hybridized carbons (Fsp3) is 0.409. The lowest BCUT2D eigenvalue weighted by molar-refractivity contribution is -0.139. The van der Waals surface area contributed by atoms with Gasteiger partial charge in [-0.2, -0.15) is 0 Å². The molecule has 7 nitrogen and oxygen atoms in total. The van der Waals surface area contributed by atoms with Gasteiger partial charge in [0, 0.05) is 18.1 Å². The summed E-state index contributed by atoms with van der Waals surface area (Å²) >= 11 is 0. The standard InChI is InChI=1S/C22H26O7/c1-2-3-4-5-14(22(27)28)15-9-13(23)10-20-16(15)11-19(26)21(29-20)12-6-7-17(24)18(25)8-12/h6-10,14,19,21,23-26H,2-5,11H2,1H3,(H,27,28)/t14?,19-,21?/m0/s1. The van der Waals surface area contributed by atoms with Gasteiger partial charge in [0.15, 0.2) is 11.5 Å². The highest BCUT2D eigenvalue weighted by Crippen LogP contribution is 2.43. The highest BCUT2D eigenvalue weighted by atomic mass is 16.5. The third-order valence-electron chi connectivity index (χ3n) is 5.34. The van der Waals surface area contributed by atoms with Crippen molar-refractivity contribution in [1.29, 1.82) is 0 Å². The number of ether oxygens (including phenoxy) is 1. The number of fused-ring (bicyclic) bond motifs is 1. The van der Waals surface area contributed by atoms with Crippen molar-refractivity contribution in [1.82, 2.24) is 0 Å². The van der Waals surface area contributed by atoms with Gasteiger partial charge in [-0.1, -0.05) is 32.3 Å². The fourth-order valence-corrected chi connectivity index (χ4v) is 3.84. The highest BCUT2D eigenvalue weighted by molar-refractivity contribution is 5.77. The van der Waals surface area contributed by atoms with Gasteiger partial charge in [0.25, 0.3) is 0 Å². The van der Waals surface area contributed by atoms with Crippen LogP contribution in [0.5, 0.6) is 23.0 Å². The van der Waals surface area contributed by atoms with Crippen molar-refractivity contribution in [2.45, 2.75) is 57.2 Å². The van der Waals surface area contributed by atoms with Crippen molar-refractivity contribution in [2.24, 2.45) is 0 Å². The number of aromatic hydroxyl groups is 3. The van der Waals surface area contributed by atoms with Crippen molar-refractivity contribution in [3.05, 3.63) is 47.0 Å². The van der Waals surface area contributed by atoms with Crippen LogP contribution in [-0.2, 0) is 11.2 Å². The number of aliphatic hydroxyl groups excluding tert-OH is 1. The summed E-state index contributed by atoms with van der Waals surface area (Å²) in [6.07, 6.45) is 1.39.